The maximum Gasteiger partial charge on any atom is 0.0729 e. The molecule has 252 valence electrons. The maximum absolute atomic E-state index is 8.98. The normalized spacial score (nSPS) is 13.4. The molecule has 1 N–H and O–H groups in total. The molecule has 0 saturated carbocycles. The second-order valence-electron chi connectivity index (χ2n) is 14.4. The quantitative estimate of drug-likeness (QED) is 0.163. The van der Waals surface area contributed by atoms with E-state index in [1.807, 2.05) is 73.0 Å². The molecule has 8 aromatic carbocycles. The van der Waals surface area contributed by atoms with E-state index in [9.17, 15) is 0 Å². The van der Waals surface area contributed by atoms with E-state index in [0.717, 1.165) is 44.3 Å². The van der Waals surface area contributed by atoms with Gasteiger partial charge in [0.25, 0.3) is 0 Å². The number of hydrogen-bond acceptors (Lipinski definition) is 2. The van der Waals surface area contributed by atoms with Crippen LogP contribution in [0.4, 0.5) is 0 Å². The van der Waals surface area contributed by atoms with Crippen molar-refractivity contribution in [1.29, 1.82) is 5.41 Å². The smallest absolute Gasteiger partial charge is 0.0729 e. The number of aliphatic imine (C=N–C) groups is 1. The van der Waals surface area contributed by atoms with Gasteiger partial charge in [0.15, 0.2) is 0 Å². The van der Waals surface area contributed by atoms with Crippen molar-refractivity contribution in [1.82, 2.24) is 0 Å². The molecule has 0 bridgehead atoms. The third kappa shape index (κ3) is 5.79. The second-order valence-corrected chi connectivity index (χ2v) is 14.4. The van der Waals surface area contributed by atoms with Crippen molar-refractivity contribution in [2.24, 2.45) is 4.99 Å². The zero-order chi connectivity index (χ0) is 35.9. The van der Waals surface area contributed by atoms with Crippen LogP contribution in [0.1, 0.15) is 41.7 Å². The SMILES string of the molecule is CC1(C)c2cc(-c3cccc(-c4ccc(/C(=C/C(=N)c5ccccc5)N=Cc5ccccc5)c5ccccc45)c3)ccc2-c2c1ccc1ccccc21. The lowest BCUT2D eigenvalue weighted by atomic mass is 9.81. The molecular formula is C51H38N2. The van der Waals surface area contributed by atoms with E-state index in [2.05, 4.69) is 129 Å². The molecule has 9 rings (SSSR count). The molecule has 53 heavy (non-hydrogen) atoms. The van der Waals surface area contributed by atoms with Gasteiger partial charge in [-0.1, -0.05) is 178 Å². The first-order chi connectivity index (χ1) is 26.0. The molecule has 0 spiro atoms. The van der Waals surface area contributed by atoms with Crippen LogP contribution in [-0.2, 0) is 5.41 Å². The van der Waals surface area contributed by atoms with Crippen molar-refractivity contribution in [3.8, 4) is 33.4 Å². The molecule has 0 aromatic heterocycles. The Morgan fingerprint density at radius 3 is 2.00 bits per heavy atom. The molecule has 0 aliphatic heterocycles. The van der Waals surface area contributed by atoms with Gasteiger partial charge in [0.05, 0.1) is 11.4 Å². The van der Waals surface area contributed by atoms with E-state index in [1.165, 1.54) is 44.2 Å². The van der Waals surface area contributed by atoms with E-state index in [4.69, 9.17) is 10.4 Å². The molecule has 0 heterocycles. The highest BCUT2D eigenvalue weighted by Gasteiger charge is 2.36. The monoisotopic (exact) mass is 678 g/mol. The average Bonchev–Trinajstić information content (AvgIpc) is 3.45. The minimum absolute atomic E-state index is 0.0978. The van der Waals surface area contributed by atoms with Crippen molar-refractivity contribution in [3.63, 3.8) is 0 Å². The van der Waals surface area contributed by atoms with E-state index in [-0.39, 0.29) is 5.41 Å². The van der Waals surface area contributed by atoms with Crippen molar-refractivity contribution >= 4 is 39.2 Å². The molecule has 2 heteroatoms. The van der Waals surface area contributed by atoms with Crippen LogP contribution in [0.2, 0.25) is 0 Å². The molecule has 0 radical (unpaired) electrons. The molecule has 0 amide bonds. The summed E-state index contributed by atoms with van der Waals surface area (Å²) in [5.74, 6) is 0. The van der Waals surface area contributed by atoms with Gasteiger partial charge in [0.1, 0.15) is 0 Å². The third-order valence-electron chi connectivity index (χ3n) is 10.8. The predicted molar refractivity (Wildman–Crippen MR) is 225 cm³/mol. The lowest BCUT2D eigenvalue weighted by Gasteiger charge is -2.22. The minimum Gasteiger partial charge on any atom is -0.300 e. The summed E-state index contributed by atoms with van der Waals surface area (Å²) < 4.78 is 0. The Kier molecular flexibility index (Phi) is 8.01. The van der Waals surface area contributed by atoms with Gasteiger partial charge in [-0.25, -0.2) is 0 Å². The van der Waals surface area contributed by atoms with Crippen LogP contribution in [-0.4, -0.2) is 11.9 Å². The molecule has 1 aliphatic carbocycles. The van der Waals surface area contributed by atoms with Gasteiger partial charge in [0, 0.05) is 17.2 Å². The fraction of sp³-hybridized carbons (Fsp3) is 0.0588. The number of rotatable bonds is 7. The standard InChI is InChI=1S/C51H38N2/c1-51(2)46-29-25-35-16-9-10-21-41(35)50(46)45-26-24-38(31-47(45)51)37-19-13-20-39(30-37)40-27-28-44(43-23-12-11-22-42(40)43)49(53-33-34-14-5-3-6-15-34)32-48(52)36-17-7-4-8-18-36/h3-33,52H,1-2H3/b49-32-,52-48?,53-33?. The largest absolute Gasteiger partial charge is 0.300 e. The van der Waals surface area contributed by atoms with Crippen molar-refractivity contribution in [2.45, 2.75) is 19.3 Å². The van der Waals surface area contributed by atoms with Crippen LogP contribution in [0.3, 0.4) is 0 Å². The number of hydrogen-bond donors (Lipinski definition) is 1. The molecule has 8 aromatic rings. The molecule has 0 saturated heterocycles. The first-order valence-electron chi connectivity index (χ1n) is 18.2. The van der Waals surface area contributed by atoms with Crippen LogP contribution >= 0.6 is 0 Å². The van der Waals surface area contributed by atoms with E-state index in [0.29, 0.717) is 5.71 Å². The molecule has 0 atom stereocenters. The average molecular weight is 679 g/mol. The van der Waals surface area contributed by atoms with Crippen molar-refractivity contribution in [3.05, 3.63) is 210 Å². The van der Waals surface area contributed by atoms with E-state index < -0.39 is 0 Å². The molecule has 0 fully saturated rings. The van der Waals surface area contributed by atoms with Gasteiger partial charge in [-0.05, 0) is 95.4 Å². The summed E-state index contributed by atoms with van der Waals surface area (Å²) in [5.41, 5.74) is 14.1. The predicted octanol–water partition coefficient (Wildman–Crippen LogP) is 13.2. The summed E-state index contributed by atoms with van der Waals surface area (Å²) in [7, 11) is 0. The van der Waals surface area contributed by atoms with Gasteiger partial charge < -0.3 is 5.41 Å². The third-order valence-corrected chi connectivity index (χ3v) is 10.8. The number of allylic oxidation sites excluding steroid dienone is 1. The van der Waals surface area contributed by atoms with Gasteiger partial charge >= 0.3 is 0 Å². The Balaban J connectivity index is 1.13. The summed E-state index contributed by atoms with van der Waals surface area (Å²) in [5, 5.41) is 13.8. The number of nitrogens with one attached hydrogen (secondary N) is 1. The fourth-order valence-electron chi connectivity index (χ4n) is 8.03. The summed E-state index contributed by atoms with van der Waals surface area (Å²) in [6.45, 7) is 4.71. The van der Waals surface area contributed by atoms with Crippen LogP contribution in [0, 0.1) is 5.41 Å². The second kappa shape index (κ2) is 13.2. The highest BCUT2D eigenvalue weighted by Crippen LogP contribution is 2.52. The minimum atomic E-state index is -0.0978. The number of nitrogens with zero attached hydrogens (tertiary/aromatic N) is 1. The zero-order valence-corrected chi connectivity index (χ0v) is 29.8. The van der Waals surface area contributed by atoms with Gasteiger partial charge in [-0.2, -0.15) is 0 Å². The van der Waals surface area contributed by atoms with Gasteiger partial charge in [0.2, 0.25) is 0 Å². The summed E-state index contributed by atoms with van der Waals surface area (Å²) in [6.07, 6.45) is 3.77. The lowest BCUT2D eigenvalue weighted by molar-refractivity contribution is 0.661. The Hall–Kier alpha value is -6.64. The summed E-state index contributed by atoms with van der Waals surface area (Å²) in [4.78, 5) is 5.00. The first-order valence-corrected chi connectivity index (χ1v) is 18.2. The number of fused-ring (bicyclic) bond motifs is 6. The van der Waals surface area contributed by atoms with Crippen LogP contribution in [0.5, 0.6) is 0 Å². The molecular weight excluding hydrogens is 641 g/mol. The molecule has 2 nitrogen and oxygen atoms in total. The van der Waals surface area contributed by atoms with E-state index in [1.54, 1.807) is 0 Å². The summed E-state index contributed by atoms with van der Waals surface area (Å²) in [6, 6.07) is 62.2. The topological polar surface area (TPSA) is 36.2 Å². The van der Waals surface area contributed by atoms with Crippen LogP contribution in [0.15, 0.2) is 187 Å². The number of benzene rings is 8. The summed E-state index contributed by atoms with van der Waals surface area (Å²) >= 11 is 0. The molecule has 1 aliphatic rings. The van der Waals surface area contributed by atoms with Crippen LogP contribution < -0.4 is 0 Å². The zero-order valence-electron chi connectivity index (χ0n) is 29.8. The maximum atomic E-state index is 8.98. The Morgan fingerprint density at radius 2 is 1.19 bits per heavy atom. The highest BCUT2D eigenvalue weighted by molar-refractivity contribution is 6.13. The van der Waals surface area contributed by atoms with Crippen molar-refractivity contribution in [2.75, 3.05) is 0 Å². The van der Waals surface area contributed by atoms with Crippen molar-refractivity contribution < 1.29 is 0 Å². The fourth-order valence-corrected chi connectivity index (χ4v) is 8.03. The van der Waals surface area contributed by atoms with E-state index >= 15 is 0 Å². The van der Waals surface area contributed by atoms with Gasteiger partial charge in [-0.15, -0.1) is 0 Å². The Morgan fingerprint density at radius 1 is 0.528 bits per heavy atom. The highest BCUT2D eigenvalue weighted by atomic mass is 14.7. The van der Waals surface area contributed by atoms with Crippen LogP contribution in [0.25, 0.3) is 60.6 Å². The Labute approximate surface area is 311 Å². The Bertz CT molecular complexity index is 2750. The molecule has 0 unspecified atom stereocenters. The van der Waals surface area contributed by atoms with Gasteiger partial charge in [-0.3, -0.25) is 4.99 Å². The first kappa shape index (κ1) is 32.3. The lowest BCUT2D eigenvalue weighted by Crippen LogP contribution is -2.15.